The summed E-state index contributed by atoms with van der Waals surface area (Å²) in [5.41, 5.74) is 0. The number of carbonyl (C=O) groups is 2. The average molecular weight is 338 g/mol. The predicted molar refractivity (Wildman–Crippen MR) is 85.2 cm³/mol. The number of carboxylic acids is 1. The van der Waals surface area contributed by atoms with Gasteiger partial charge in [0.05, 0.1) is 17.5 Å². The molecule has 1 aromatic heterocycles. The molecule has 6 nitrogen and oxygen atoms in total. The van der Waals surface area contributed by atoms with Crippen molar-refractivity contribution in [3.05, 3.63) is 16.6 Å². The molecule has 0 spiro atoms. The lowest BCUT2D eigenvalue weighted by Gasteiger charge is -2.46. The Balaban J connectivity index is 1.60. The number of amides is 1. The van der Waals surface area contributed by atoms with E-state index in [1.165, 1.54) is 0 Å². The second kappa shape index (κ2) is 7.40. The van der Waals surface area contributed by atoms with Gasteiger partial charge < -0.3 is 14.7 Å². The third-order valence-corrected chi connectivity index (χ3v) is 5.61. The van der Waals surface area contributed by atoms with Crippen LogP contribution in [0, 0.1) is 11.8 Å². The van der Waals surface area contributed by atoms with E-state index in [1.807, 2.05) is 10.3 Å². The Morgan fingerprint density at radius 2 is 2.35 bits per heavy atom. The first-order valence-electron chi connectivity index (χ1n) is 8.13. The summed E-state index contributed by atoms with van der Waals surface area (Å²) in [5, 5.41) is 12.3. The molecule has 0 bridgehead atoms. The molecule has 2 aliphatic heterocycles. The summed E-state index contributed by atoms with van der Waals surface area (Å²) in [7, 11) is 0. The number of hydrogen-bond acceptors (Lipinski definition) is 5. The van der Waals surface area contributed by atoms with Gasteiger partial charge in [-0.3, -0.25) is 9.59 Å². The number of thiazole rings is 1. The number of rotatable bonds is 5. The number of aryl methyl sites for hydroxylation is 1. The lowest BCUT2D eigenvalue weighted by atomic mass is 9.81. The number of likely N-dealkylation sites (tertiary alicyclic amines) is 1. The molecule has 2 saturated heterocycles. The summed E-state index contributed by atoms with van der Waals surface area (Å²) in [6.45, 7) is 1.56. The molecule has 3 rings (SSSR count). The quantitative estimate of drug-likeness (QED) is 0.885. The fourth-order valence-corrected chi connectivity index (χ4v) is 4.27. The molecule has 2 fully saturated rings. The van der Waals surface area contributed by atoms with Crippen LogP contribution in [-0.4, -0.2) is 52.7 Å². The Hall–Kier alpha value is -1.47. The molecule has 1 aromatic rings. The number of aromatic nitrogens is 1. The van der Waals surface area contributed by atoms with Crippen molar-refractivity contribution in [1.82, 2.24) is 9.88 Å². The zero-order valence-electron chi connectivity index (χ0n) is 13.0. The van der Waals surface area contributed by atoms with E-state index in [-0.39, 0.29) is 17.9 Å². The van der Waals surface area contributed by atoms with Gasteiger partial charge in [0.15, 0.2) is 0 Å². The van der Waals surface area contributed by atoms with E-state index >= 15 is 0 Å². The molecular formula is C16H22N2O4S. The third-order valence-electron chi connectivity index (χ3n) is 4.77. The highest BCUT2D eigenvalue weighted by Crippen LogP contribution is 2.33. The van der Waals surface area contributed by atoms with Gasteiger partial charge in [-0.15, -0.1) is 11.3 Å². The van der Waals surface area contributed by atoms with E-state index < -0.39 is 11.9 Å². The van der Waals surface area contributed by atoms with Crippen molar-refractivity contribution in [2.75, 3.05) is 19.8 Å². The molecule has 7 heteroatoms. The van der Waals surface area contributed by atoms with Crippen molar-refractivity contribution < 1.29 is 19.4 Å². The number of piperidine rings is 1. The van der Waals surface area contributed by atoms with Gasteiger partial charge in [-0.05, 0) is 25.7 Å². The summed E-state index contributed by atoms with van der Waals surface area (Å²) in [5.74, 6) is -1.05. The number of carboxylic acid groups (broad SMARTS) is 1. The monoisotopic (exact) mass is 338 g/mol. The zero-order valence-corrected chi connectivity index (χ0v) is 13.8. The Labute approximate surface area is 139 Å². The van der Waals surface area contributed by atoms with Gasteiger partial charge in [0.2, 0.25) is 5.91 Å². The van der Waals surface area contributed by atoms with Crippen LogP contribution in [0.25, 0.3) is 0 Å². The van der Waals surface area contributed by atoms with Gasteiger partial charge in [0, 0.05) is 43.1 Å². The van der Waals surface area contributed by atoms with E-state index in [1.54, 1.807) is 17.5 Å². The first-order chi connectivity index (χ1) is 11.1. The minimum Gasteiger partial charge on any atom is -0.481 e. The van der Waals surface area contributed by atoms with E-state index in [0.717, 1.165) is 24.3 Å². The van der Waals surface area contributed by atoms with Crippen molar-refractivity contribution in [3.8, 4) is 0 Å². The van der Waals surface area contributed by atoms with Crippen LogP contribution in [0.15, 0.2) is 11.6 Å². The highest BCUT2D eigenvalue weighted by molar-refractivity contribution is 7.09. The molecule has 0 unspecified atom stereocenters. The number of fused-ring (bicyclic) bond motifs is 1. The molecule has 0 saturated carbocycles. The molecule has 0 aliphatic carbocycles. The molecule has 3 atom stereocenters. The maximum absolute atomic E-state index is 12.6. The van der Waals surface area contributed by atoms with Gasteiger partial charge in [-0.1, -0.05) is 0 Å². The predicted octanol–water partition coefficient (Wildman–Crippen LogP) is 1.80. The van der Waals surface area contributed by atoms with Crippen molar-refractivity contribution in [2.45, 2.75) is 38.1 Å². The summed E-state index contributed by atoms with van der Waals surface area (Å²) >= 11 is 1.60. The number of nitrogens with zero attached hydrogens (tertiary/aromatic N) is 2. The average Bonchev–Trinajstić information content (AvgIpc) is 3.07. The van der Waals surface area contributed by atoms with E-state index in [4.69, 9.17) is 4.74 Å². The van der Waals surface area contributed by atoms with Crippen LogP contribution < -0.4 is 0 Å². The molecule has 1 N–H and O–H groups in total. The van der Waals surface area contributed by atoms with Crippen LogP contribution in [0.1, 0.15) is 30.7 Å². The zero-order chi connectivity index (χ0) is 16.2. The standard InChI is InChI=1S/C16H22N2O4S/c19-15(3-1-2-14-17-5-7-23-14)18-9-11(16(20)21)8-12-10-22-6-4-13(12)18/h5,7,11-13H,1-4,6,8-10H2,(H,20,21)/t11-,12-,13-/m1/s1. The van der Waals surface area contributed by atoms with Crippen LogP contribution in [0.3, 0.4) is 0 Å². The maximum Gasteiger partial charge on any atom is 0.308 e. The third kappa shape index (κ3) is 3.90. The number of carbonyl (C=O) groups excluding carboxylic acids is 1. The Bertz CT molecular complexity index is 548. The number of ether oxygens (including phenoxy) is 1. The highest BCUT2D eigenvalue weighted by atomic mass is 32.1. The fourth-order valence-electron chi connectivity index (χ4n) is 3.61. The van der Waals surface area contributed by atoms with E-state index in [2.05, 4.69) is 4.98 Å². The van der Waals surface area contributed by atoms with Crippen LogP contribution >= 0.6 is 11.3 Å². The smallest absolute Gasteiger partial charge is 0.308 e. The molecule has 3 heterocycles. The molecule has 1 amide bonds. The van der Waals surface area contributed by atoms with Gasteiger partial charge >= 0.3 is 5.97 Å². The van der Waals surface area contributed by atoms with Crippen molar-refractivity contribution in [1.29, 1.82) is 0 Å². The Morgan fingerprint density at radius 3 is 3.09 bits per heavy atom. The van der Waals surface area contributed by atoms with Crippen LogP contribution in [0.2, 0.25) is 0 Å². The van der Waals surface area contributed by atoms with Crippen LogP contribution in [0.4, 0.5) is 0 Å². The normalized spacial score (nSPS) is 27.5. The molecule has 23 heavy (non-hydrogen) atoms. The summed E-state index contributed by atoms with van der Waals surface area (Å²) in [6, 6.07) is 0.145. The molecule has 2 aliphatic rings. The summed E-state index contributed by atoms with van der Waals surface area (Å²) in [6.07, 6.45) is 5.22. The van der Waals surface area contributed by atoms with Gasteiger partial charge in [0.25, 0.3) is 0 Å². The van der Waals surface area contributed by atoms with Crippen LogP contribution in [-0.2, 0) is 20.7 Å². The first-order valence-corrected chi connectivity index (χ1v) is 9.01. The highest BCUT2D eigenvalue weighted by Gasteiger charge is 2.42. The van der Waals surface area contributed by atoms with Crippen LogP contribution in [0.5, 0.6) is 0 Å². The molecule has 0 aromatic carbocycles. The van der Waals surface area contributed by atoms with Gasteiger partial charge in [-0.2, -0.15) is 0 Å². The topological polar surface area (TPSA) is 79.7 Å². The molecular weight excluding hydrogens is 316 g/mol. The molecule has 126 valence electrons. The van der Waals surface area contributed by atoms with Gasteiger partial charge in [-0.25, -0.2) is 4.98 Å². The van der Waals surface area contributed by atoms with E-state index in [0.29, 0.717) is 32.6 Å². The van der Waals surface area contributed by atoms with E-state index in [9.17, 15) is 14.7 Å². The Kier molecular flexibility index (Phi) is 5.27. The van der Waals surface area contributed by atoms with Crippen molar-refractivity contribution in [3.63, 3.8) is 0 Å². The lowest BCUT2D eigenvalue weighted by molar-refractivity contribution is -0.154. The van der Waals surface area contributed by atoms with Crippen molar-refractivity contribution in [2.24, 2.45) is 11.8 Å². The second-order valence-electron chi connectivity index (χ2n) is 6.29. The fraction of sp³-hybridized carbons (Fsp3) is 0.688. The summed E-state index contributed by atoms with van der Waals surface area (Å²) < 4.78 is 5.49. The SMILES string of the molecule is O=C(O)[C@@H]1C[C@@H]2COCC[C@H]2N(C(=O)CCCc2nccs2)C1. The van der Waals surface area contributed by atoms with Crippen molar-refractivity contribution >= 4 is 23.2 Å². The second-order valence-corrected chi connectivity index (χ2v) is 7.27. The largest absolute Gasteiger partial charge is 0.481 e. The first kappa shape index (κ1) is 16.4. The maximum atomic E-state index is 12.6. The minimum absolute atomic E-state index is 0.0735. The van der Waals surface area contributed by atoms with Gasteiger partial charge in [0.1, 0.15) is 0 Å². The molecule has 0 radical (unpaired) electrons. The summed E-state index contributed by atoms with van der Waals surface area (Å²) in [4.78, 5) is 30.0. The Morgan fingerprint density at radius 1 is 1.48 bits per heavy atom. The minimum atomic E-state index is -0.811. The number of hydrogen-bond donors (Lipinski definition) is 1. The number of aliphatic carboxylic acids is 1. The lowest BCUT2D eigenvalue weighted by Crippen LogP contribution is -2.56.